The monoisotopic (exact) mass is 294 g/mol. The van der Waals surface area contributed by atoms with Crippen molar-refractivity contribution < 1.29 is 0 Å². The number of fused-ring (bicyclic) bond motifs is 1. The number of benzene rings is 1. The van der Waals surface area contributed by atoms with Crippen LogP contribution in [-0.4, -0.2) is 14.9 Å². The molecule has 2 aromatic rings. The average Bonchev–Trinajstić information content (AvgIpc) is 2.33. The maximum atomic E-state index is 11.9. The van der Waals surface area contributed by atoms with Gasteiger partial charge in [0.15, 0.2) is 0 Å². The van der Waals surface area contributed by atoms with Crippen molar-refractivity contribution in [3.63, 3.8) is 0 Å². The highest BCUT2D eigenvalue weighted by atomic mass is 79.9. The molecule has 17 heavy (non-hydrogen) atoms. The molecular formula is C13H15BrN2O. The Bertz CT molecular complexity index is 589. The molecule has 0 unspecified atom stereocenters. The molecule has 0 saturated heterocycles. The van der Waals surface area contributed by atoms with Crippen molar-refractivity contribution in [3.05, 3.63) is 40.8 Å². The fraction of sp³-hybridized carbons (Fsp3) is 0.385. The summed E-state index contributed by atoms with van der Waals surface area (Å²) >= 11 is 3.49. The Hall–Kier alpha value is -1.16. The molecule has 0 bridgehead atoms. The standard InChI is InChI=1S/C13H15BrN2O/c1-13(2,8-14)9-16-11-6-4-3-5-10(11)15-7-12(16)17/h3-7H,8-9H2,1-2H3. The van der Waals surface area contributed by atoms with Gasteiger partial charge in [-0.05, 0) is 17.5 Å². The van der Waals surface area contributed by atoms with Crippen LogP contribution in [0, 0.1) is 5.41 Å². The van der Waals surface area contributed by atoms with E-state index in [0.29, 0.717) is 6.54 Å². The van der Waals surface area contributed by atoms with Gasteiger partial charge >= 0.3 is 0 Å². The lowest BCUT2D eigenvalue weighted by molar-refractivity contribution is 0.355. The molecule has 0 spiro atoms. The molecule has 0 aliphatic rings. The maximum Gasteiger partial charge on any atom is 0.269 e. The molecule has 0 N–H and O–H groups in total. The van der Waals surface area contributed by atoms with Crippen LogP contribution < -0.4 is 5.56 Å². The summed E-state index contributed by atoms with van der Waals surface area (Å²) in [4.78, 5) is 16.1. The van der Waals surface area contributed by atoms with Gasteiger partial charge in [0.05, 0.1) is 17.2 Å². The average molecular weight is 295 g/mol. The van der Waals surface area contributed by atoms with E-state index in [1.807, 2.05) is 24.3 Å². The van der Waals surface area contributed by atoms with E-state index in [9.17, 15) is 4.79 Å². The molecule has 3 nitrogen and oxygen atoms in total. The smallest absolute Gasteiger partial charge is 0.269 e. The molecule has 90 valence electrons. The van der Waals surface area contributed by atoms with Crippen LogP contribution in [0.25, 0.3) is 11.0 Å². The molecule has 0 radical (unpaired) electrons. The molecule has 1 aromatic carbocycles. The number of hydrogen-bond acceptors (Lipinski definition) is 2. The molecule has 0 aliphatic carbocycles. The summed E-state index contributed by atoms with van der Waals surface area (Å²) in [6, 6.07) is 7.72. The fourth-order valence-corrected chi connectivity index (χ4v) is 1.93. The second-order valence-corrected chi connectivity index (χ2v) is 5.53. The van der Waals surface area contributed by atoms with E-state index in [4.69, 9.17) is 0 Å². The number of halogens is 1. The minimum Gasteiger partial charge on any atom is -0.305 e. The first kappa shape index (κ1) is 12.3. The van der Waals surface area contributed by atoms with E-state index < -0.39 is 0 Å². The second kappa shape index (κ2) is 4.61. The fourth-order valence-electron chi connectivity index (χ4n) is 1.75. The van der Waals surface area contributed by atoms with Gasteiger partial charge in [-0.25, -0.2) is 4.98 Å². The summed E-state index contributed by atoms with van der Waals surface area (Å²) < 4.78 is 1.80. The van der Waals surface area contributed by atoms with Crippen LogP contribution in [0.2, 0.25) is 0 Å². The minimum absolute atomic E-state index is 0.0357. The largest absolute Gasteiger partial charge is 0.305 e. The number of rotatable bonds is 3. The Labute approximate surface area is 109 Å². The van der Waals surface area contributed by atoms with Gasteiger partial charge in [-0.1, -0.05) is 41.9 Å². The van der Waals surface area contributed by atoms with Crippen molar-refractivity contribution in [1.82, 2.24) is 9.55 Å². The highest BCUT2D eigenvalue weighted by Crippen LogP contribution is 2.21. The Kier molecular flexibility index (Phi) is 3.33. The van der Waals surface area contributed by atoms with Crippen molar-refractivity contribution in [2.24, 2.45) is 5.41 Å². The molecule has 0 atom stereocenters. The van der Waals surface area contributed by atoms with Crippen molar-refractivity contribution in [1.29, 1.82) is 0 Å². The van der Waals surface area contributed by atoms with Gasteiger partial charge in [0, 0.05) is 11.9 Å². The Morgan fingerprint density at radius 1 is 1.35 bits per heavy atom. The number of para-hydroxylation sites is 2. The molecule has 4 heteroatoms. The molecule has 0 aliphatic heterocycles. The summed E-state index contributed by atoms with van der Waals surface area (Å²) in [5, 5.41) is 0.850. The zero-order chi connectivity index (χ0) is 12.5. The number of alkyl halides is 1. The van der Waals surface area contributed by atoms with Crippen LogP contribution in [0.5, 0.6) is 0 Å². The molecule has 1 heterocycles. The lowest BCUT2D eigenvalue weighted by Gasteiger charge is -2.23. The van der Waals surface area contributed by atoms with Crippen LogP contribution in [0.4, 0.5) is 0 Å². The lowest BCUT2D eigenvalue weighted by Crippen LogP contribution is -2.29. The van der Waals surface area contributed by atoms with Gasteiger partial charge in [0.2, 0.25) is 0 Å². The number of hydrogen-bond donors (Lipinski definition) is 0. The molecule has 2 rings (SSSR count). The Balaban J connectivity index is 2.59. The topological polar surface area (TPSA) is 34.9 Å². The number of nitrogens with zero attached hydrogens (tertiary/aromatic N) is 2. The third kappa shape index (κ3) is 2.57. The summed E-state index contributed by atoms with van der Waals surface area (Å²) in [5.74, 6) is 0. The van der Waals surface area contributed by atoms with E-state index in [0.717, 1.165) is 16.4 Å². The van der Waals surface area contributed by atoms with E-state index in [1.165, 1.54) is 6.20 Å². The van der Waals surface area contributed by atoms with E-state index in [2.05, 4.69) is 34.8 Å². The van der Waals surface area contributed by atoms with Gasteiger partial charge < -0.3 is 4.57 Å². The summed E-state index contributed by atoms with van der Waals surface area (Å²) in [6.07, 6.45) is 1.40. The van der Waals surface area contributed by atoms with Crippen LogP contribution in [-0.2, 0) is 6.54 Å². The zero-order valence-electron chi connectivity index (χ0n) is 9.98. The van der Waals surface area contributed by atoms with Crippen LogP contribution in [0.15, 0.2) is 35.3 Å². The first-order valence-electron chi connectivity index (χ1n) is 5.54. The van der Waals surface area contributed by atoms with Crippen LogP contribution >= 0.6 is 15.9 Å². The van der Waals surface area contributed by atoms with Crippen molar-refractivity contribution in [2.75, 3.05) is 5.33 Å². The molecule has 0 saturated carbocycles. The molecule has 0 amide bonds. The van der Waals surface area contributed by atoms with Crippen LogP contribution in [0.3, 0.4) is 0 Å². The number of aromatic nitrogens is 2. The predicted molar refractivity (Wildman–Crippen MR) is 73.6 cm³/mol. The third-order valence-electron chi connectivity index (χ3n) is 2.70. The van der Waals surface area contributed by atoms with Crippen molar-refractivity contribution >= 4 is 27.0 Å². The highest BCUT2D eigenvalue weighted by molar-refractivity contribution is 9.09. The summed E-state index contributed by atoms with van der Waals surface area (Å²) in [6.45, 7) is 4.94. The van der Waals surface area contributed by atoms with Crippen LogP contribution in [0.1, 0.15) is 13.8 Å². The highest BCUT2D eigenvalue weighted by Gasteiger charge is 2.18. The SMILES string of the molecule is CC(C)(CBr)Cn1c(=O)cnc2ccccc21. The van der Waals surface area contributed by atoms with Crippen molar-refractivity contribution in [3.8, 4) is 0 Å². The van der Waals surface area contributed by atoms with E-state index in [1.54, 1.807) is 4.57 Å². The van der Waals surface area contributed by atoms with Gasteiger partial charge in [-0.2, -0.15) is 0 Å². The van der Waals surface area contributed by atoms with Gasteiger partial charge in [-0.15, -0.1) is 0 Å². The van der Waals surface area contributed by atoms with E-state index in [-0.39, 0.29) is 11.0 Å². The summed E-state index contributed by atoms with van der Waals surface area (Å²) in [7, 11) is 0. The van der Waals surface area contributed by atoms with Gasteiger partial charge in [-0.3, -0.25) is 4.79 Å². The molecular weight excluding hydrogens is 280 g/mol. The lowest BCUT2D eigenvalue weighted by atomic mass is 9.96. The van der Waals surface area contributed by atoms with Gasteiger partial charge in [0.25, 0.3) is 5.56 Å². The summed E-state index contributed by atoms with van der Waals surface area (Å²) in [5.41, 5.74) is 1.75. The molecule has 0 fully saturated rings. The minimum atomic E-state index is -0.0438. The second-order valence-electron chi connectivity index (χ2n) is 4.97. The molecule has 1 aromatic heterocycles. The normalized spacial score (nSPS) is 11.9. The van der Waals surface area contributed by atoms with E-state index >= 15 is 0 Å². The maximum absolute atomic E-state index is 11.9. The first-order chi connectivity index (χ1) is 8.03. The Morgan fingerprint density at radius 2 is 2.06 bits per heavy atom. The third-order valence-corrected chi connectivity index (χ3v) is 4.22. The van der Waals surface area contributed by atoms with Crippen molar-refractivity contribution in [2.45, 2.75) is 20.4 Å². The van der Waals surface area contributed by atoms with Gasteiger partial charge in [0.1, 0.15) is 0 Å². The predicted octanol–water partition coefficient (Wildman–Crippen LogP) is 2.82. The Morgan fingerprint density at radius 3 is 2.76 bits per heavy atom. The first-order valence-corrected chi connectivity index (χ1v) is 6.66. The zero-order valence-corrected chi connectivity index (χ0v) is 11.6. The quantitative estimate of drug-likeness (QED) is 0.816.